The first kappa shape index (κ1) is 17.3. The maximum atomic E-state index is 13.1. The van der Waals surface area contributed by atoms with Gasteiger partial charge in [-0.1, -0.05) is 36.4 Å². The Morgan fingerprint density at radius 3 is 2.52 bits per heavy atom. The Balaban J connectivity index is 1.50. The number of carbonyl (C=O) groups excluding carboxylic acids is 1. The molecule has 4 rings (SSSR count). The van der Waals surface area contributed by atoms with Crippen LogP contribution >= 0.6 is 0 Å². The third-order valence-corrected chi connectivity index (χ3v) is 4.92. The molecule has 6 heteroatoms. The molecule has 3 aromatic rings. The fraction of sp³-hybridized carbons (Fsp3) is 0.286. The molecule has 1 fully saturated rings. The number of hydrogen-bond donors (Lipinski definition) is 0. The molecule has 27 heavy (non-hydrogen) atoms. The Hall–Kier alpha value is -3.15. The highest BCUT2D eigenvalue weighted by Gasteiger charge is 2.24. The number of nitrogens with zero attached hydrogens (tertiary/aromatic N) is 4. The molecule has 0 spiro atoms. The first-order chi connectivity index (χ1) is 13.2. The molecule has 2 heterocycles. The number of aromatic nitrogens is 2. The number of fused-ring (bicyclic) bond motifs is 1. The van der Waals surface area contributed by atoms with Gasteiger partial charge < -0.3 is 14.5 Å². The van der Waals surface area contributed by atoms with Crippen LogP contribution in [-0.2, 0) is 0 Å². The fourth-order valence-electron chi connectivity index (χ4n) is 3.51. The second-order valence-corrected chi connectivity index (χ2v) is 6.62. The molecule has 138 valence electrons. The summed E-state index contributed by atoms with van der Waals surface area (Å²) in [5.74, 6) is 2.17. The van der Waals surface area contributed by atoms with Crippen LogP contribution in [0.2, 0.25) is 0 Å². The zero-order chi connectivity index (χ0) is 18.8. The number of aryl methyl sites for hydroxylation is 1. The van der Waals surface area contributed by atoms with Crippen molar-refractivity contribution in [2.24, 2.45) is 0 Å². The van der Waals surface area contributed by atoms with Crippen LogP contribution in [0.5, 0.6) is 5.88 Å². The molecule has 0 saturated carbocycles. The summed E-state index contributed by atoms with van der Waals surface area (Å²) in [6, 6.07) is 15.8. The number of anilines is 1. The highest BCUT2D eigenvalue weighted by Crippen LogP contribution is 2.22. The van der Waals surface area contributed by atoms with Gasteiger partial charge in [0, 0.05) is 37.8 Å². The lowest BCUT2D eigenvalue weighted by Crippen LogP contribution is -2.49. The van der Waals surface area contributed by atoms with Gasteiger partial charge in [0.05, 0.1) is 7.11 Å². The molecule has 6 nitrogen and oxygen atoms in total. The van der Waals surface area contributed by atoms with Gasteiger partial charge in [-0.05, 0) is 23.8 Å². The average molecular weight is 362 g/mol. The SMILES string of the molecule is COc1cc(N2CCN(C(=O)c3cccc4ccccc34)CC2)nc(C)n1. The van der Waals surface area contributed by atoms with Crippen molar-refractivity contribution in [2.45, 2.75) is 6.92 Å². The largest absolute Gasteiger partial charge is 0.481 e. The monoisotopic (exact) mass is 362 g/mol. The van der Waals surface area contributed by atoms with Crippen molar-refractivity contribution in [3.8, 4) is 5.88 Å². The normalized spacial score (nSPS) is 14.4. The Morgan fingerprint density at radius 1 is 1.00 bits per heavy atom. The molecular weight excluding hydrogens is 340 g/mol. The quantitative estimate of drug-likeness (QED) is 0.717. The molecule has 1 aliphatic heterocycles. The van der Waals surface area contributed by atoms with Crippen molar-refractivity contribution in [2.75, 3.05) is 38.2 Å². The second-order valence-electron chi connectivity index (χ2n) is 6.62. The smallest absolute Gasteiger partial charge is 0.254 e. The van der Waals surface area contributed by atoms with E-state index in [1.807, 2.05) is 60.4 Å². The van der Waals surface area contributed by atoms with E-state index < -0.39 is 0 Å². The summed E-state index contributed by atoms with van der Waals surface area (Å²) < 4.78 is 5.24. The van der Waals surface area contributed by atoms with E-state index in [9.17, 15) is 4.79 Å². The number of rotatable bonds is 3. The van der Waals surface area contributed by atoms with Crippen LogP contribution in [0.1, 0.15) is 16.2 Å². The van der Waals surface area contributed by atoms with Gasteiger partial charge in [0.25, 0.3) is 5.91 Å². The summed E-state index contributed by atoms with van der Waals surface area (Å²) in [7, 11) is 1.60. The van der Waals surface area contributed by atoms with Gasteiger partial charge in [-0.3, -0.25) is 4.79 Å². The number of benzene rings is 2. The number of piperazine rings is 1. The molecule has 1 amide bonds. The number of carbonyl (C=O) groups is 1. The van der Waals surface area contributed by atoms with Crippen molar-refractivity contribution in [1.29, 1.82) is 0 Å². The second kappa shape index (κ2) is 7.23. The Bertz CT molecular complexity index is 976. The summed E-state index contributed by atoms with van der Waals surface area (Å²) in [6.45, 7) is 4.64. The molecule has 0 unspecified atom stereocenters. The lowest BCUT2D eigenvalue weighted by molar-refractivity contribution is 0.0748. The first-order valence-electron chi connectivity index (χ1n) is 9.07. The van der Waals surface area contributed by atoms with E-state index >= 15 is 0 Å². The first-order valence-corrected chi connectivity index (χ1v) is 9.07. The topological polar surface area (TPSA) is 58.6 Å². The molecule has 0 aliphatic carbocycles. The van der Waals surface area contributed by atoms with Crippen LogP contribution in [0.25, 0.3) is 10.8 Å². The number of ether oxygens (including phenoxy) is 1. The predicted molar refractivity (Wildman–Crippen MR) is 105 cm³/mol. The van der Waals surface area contributed by atoms with Crippen LogP contribution in [0.15, 0.2) is 48.5 Å². The highest BCUT2D eigenvalue weighted by atomic mass is 16.5. The molecule has 0 bridgehead atoms. The van der Waals surface area contributed by atoms with Gasteiger partial charge in [-0.25, -0.2) is 4.98 Å². The molecule has 1 saturated heterocycles. The van der Waals surface area contributed by atoms with E-state index in [4.69, 9.17) is 4.74 Å². The van der Waals surface area contributed by atoms with Gasteiger partial charge in [-0.2, -0.15) is 4.98 Å². The Labute approximate surface area is 158 Å². The lowest BCUT2D eigenvalue weighted by Gasteiger charge is -2.35. The number of hydrogen-bond acceptors (Lipinski definition) is 5. The highest BCUT2D eigenvalue weighted by molar-refractivity contribution is 6.07. The average Bonchev–Trinajstić information content (AvgIpc) is 2.72. The molecule has 1 aliphatic rings. The maximum absolute atomic E-state index is 13.1. The summed E-state index contributed by atoms with van der Waals surface area (Å²) >= 11 is 0. The standard InChI is InChI=1S/C21H22N4O2/c1-15-22-19(14-20(23-15)27-2)24-10-12-25(13-11-24)21(26)18-9-5-7-16-6-3-4-8-17(16)18/h3-9,14H,10-13H2,1-2H3. The summed E-state index contributed by atoms with van der Waals surface area (Å²) in [5, 5.41) is 2.09. The lowest BCUT2D eigenvalue weighted by atomic mass is 10.0. The minimum atomic E-state index is 0.0860. The Morgan fingerprint density at radius 2 is 1.74 bits per heavy atom. The maximum Gasteiger partial charge on any atom is 0.254 e. The van der Waals surface area contributed by atoms with Crippen LogP contribution in [0.4, 0.5) is 5.82 Å². The van der Waals surface area contributed by atoms with Gasteiger partial charge in [0.2, 0.25) is 5.88 Å². The van der Waals surface area contributed by atoms with Crippen LogP contribution in [0, 0.1) is 6.92 Å². The fourth-order valence-corrected chi connectivity index (χ4v) is 3.51. The van der Waals surface area contributed by atoms with Crippen molar-refractivity contribution >= 4 is 22.5 Å². The van der Waals surface area contributed by atoms with Gasteiger partial charge in [0.15, 0.2) is 0 Å². The van der Waals surface area contributed by atoms with Crippen LogP contribution < -0.4 is 9.64 Å². The summed E-state index contributed by atoms with van der Waals surface area (Å²) in [5.41, 5.74) is 0.765. The third kappa shape index (κ3) is 3.43. The van der Waals surface area contributed by atoms with E-state index in [0.29, 0.717) is 24.8 Å². The summed E-state index contributed by atoms with van der Waals surface area (Å²) in [4.78, 5) is 25.9. The molecule has 1 aromatic heterocycles. The zero-order valence-corrected chi connectivity index (χ0v) is 15.6. The van der Waals surface area contributed by atoms with E-state index in [2.05, 4.69) is 14.9 Å². The molecule has 0 radical (unpaired) electrons. The van der Waals surface area contributed by atoms with Gasteiger partial charge in [-0.15, -0.1) is 0 Å². The van der Waals surface area contributed by atoms with E-state index in [1.165, 1.54) is 0 Å². The molecule has 2 aromatic carbocycles. The van der Waals surface area contributed by atoms with Crippen molar-refractivity contribution in [3.05, 3.63) is 59.9 Å². The number of methoxy groups -OCH3 is 1. The minimum absolute atomic E-state index is 0.0860. The van der Waals surface area contributed by atoms with E-state index in [-0.39, 0.29) is 5.91 Å². The zero-order valence-electron chi connectivity index (χ0n) is 15.6. The summed E-state index contributed by atoms with van der Waals surface area (Å²) in [6.07, 6.45) is 0. The molecule has 0 atom stereocenters. The van der Waals surface area contributed by atoms with E-state index in [1.54, 1.807) is 7.11 Å². The molecule has 0 N–H and O–H groups in total. The van der Waals surface area contributed by atoms with Gasteiger partial charge in [0.1, 0.15) is 11.6 Å². The third-order valence-electron chi connectivity index (χ3n) is 4.92. The van der Waals surface area contributed by atoms with Crippen molar-refractivity contribution < 1.29 is 9.53 Å². The number of amides is 1. The van der Waals surface area contributed by atoms with Gasteiger partial charge >= 0.3 is 0 Å². The molecular formula is C21H22N4O2. The van der Waals surface area contributed by atoms with Crippen LogP contribution in [0.3, 0.4) is 0 Å². The minimum Gasteiger partial charge on any atom is -0.481 e. The van der Waals surface area contributed by atoms with E-state index in [0.717, 1.165) is 35.2 Å². The Kier molecular flexibility index (Phi) is 4.62. The van der Waals surface area contributed by atoms with Crippen LogP contribution in [-0.4, -0.2) is 54.1 Å². The van der Waals surface area contributed by atoms with Crippen molar-refractivity contribution in [3.63, 3.8) is 0 Å². The van der Waals surface area contributed by atoms with Crippen molar-refractivity contribution in [1.82, 2.24) is 14.9 Å². The predicted octanol–water partition coefficient (Wildman–Crippen LogP) is 2.91.